The number of benzene rings is 2. The lowest BCUT2D eigenvalue weighted by atomic mass is 9.95. The van der Waals surface area contributed by atoms with Crippen LogP contribution in [-0.4, -0.2) is 42.3 Å². The van der Waals surface area contributed by atoms with Crippen LogP contribution in [-0.2, 0) is 22.2 Å². The number of anilines is 1. The highest BCUT2D eigenvalue weighted by Gasteiger charge is 2.31. The fraction of sp³-hybridized carbons (Fsp3) is 0.375. The maximum atomic E-state index is 12.7. The molecule has 2 N–H and O–H groups in total. The minimum atomic E-state index is -4.45. The van der Waals surface area contributed by atoms with Crippen LogP contribution < -0.4 is 10.6 Å². The van der Waals surface area contributed by atoms with Crippen LogP contribution in [0.25, 0.3) is 0 Å². The van der Waals surface area contributed by atoms with Crippen LogP contribution in [0.4, 0.5) is 18.9 Å². The molecule has 3 rings (SSSR count). The fourth-order valence-electron chi connectivity index (χ4n) is 3.79. The van der Waals surface area contributed by atoms with E-state index in [1.807, 2.05) is 31.2 Å². The lowest BCUT2D eigenvalue weighted by molar-refractivity contribution is -0.137. The monoisotopic (exact) mass is 461 g/mol. The van der Waals surface area contributed by atoms with Gasteiger partial charge >= 0.3 is 6.18 Å². The van der Waals surface area contributed by atoms with Gasteiger partial charge < -0.3 is 15.5 Å². The van der Waals surface area contributed by atoms with Crippen molar-refractivity contribution < 1.29 is 27.6 Å². The van der Waals surface area contributed by atoms with Gasteiger partial charge in [-0.3, -0.25) is 14.4 Å². The Hall–Kier alpha value is -3.36. The number of carbonyl (C=O) groups excluding carboxylic acids is 3. The molecule has 1 aliphatic rings. The number of hydrogen-bond donors (Lipinski definition) is 2. The fourth-order valence-corrected chi connectivity index (χ4v) is 3.79. The minimum absolute atomic E-state index is 0.151. The van der Waals surface area contributed by atoms with Gasteiger partial charge in [0.25, 0.3) is 5.91 Å². The maximum absolute atomic E-state index is 12.7. The largest absolute Gasteiger partial charge is 0.416 e. The van der Waals surface area contributed by atoms with Crippen molar-refractivity contribution in [3.63, 3.8) is 0 Å². The summed E-state index contributed by atoms with van der Waals surface area (Å²) in [6, 6.07) is 11.6. The van der Waals surface area contributed by atoms with Gasteiger partial charge in [0.1, 0.15) is 0 Å². The van der Waals surface area contributed by atoms with Gasteiger partial charge in [-0.15, -0.1) is 0 Å². The van der Waals surface area contributed by atoms with E-state index in [2.05, 4.69) is 10.6 Å². The van der Waals surface area contributed by atoms with E-state index in [-0.39, 0.29) is 35.7 Å². The number of halogens is 3. The molecule has 0 aliphatic carbocycles. The molecule has 1 heterocycles. The lowest BCUT2D eigenvalue weighted by Gasteiger charge is -2.31. The van der Waals surface area contributed by atoms with E-state index >= 15 is 0 Å². The highest BCUT2D eigenvalue weighted by molar-refractivity contribution is 5.96. The molecule has 2 aromatic rings. The van der Waals surface area contributed by atoms with Gasteiger partial charge in [-0.25, -0.2) is 0 Å². The summed E-state index contributed by atoms with van der Waals surface area (Å²) < 4.78 is 38.1. The Morgan fingerprint density at radius 3 is 2.24 bits per heavy atom. The van der Waals surface area contributed by atoms with E-state index in [1.165, 1.54) is 17.0 Å². The third-order valence-corrected chi connectivity index (χ3v) is 5.71. The second-order valence-electron chi connectivity index (χ2n) is 7.92. The number of piperidine rings is 1. The molecule has 0 bridgehead atoms. The van der Waals surface area contributed by atoms with Gasteiger partial charge in [-0.2, -0.15) is 13.2 Å². The Bertz CT molecular complexity index is 998. The molecule has 0 radical (unpaired) electrons. The molecular formula is C24H26F3N3O3. The van der Waals surface area contributed by atoms with E-state index in [9.17, 15) is 27.6 Å². The Balaban J connectivity index is 1.45. The SMILES string of the molecule is CCc1ccccc1NC(=O)CNC(=O)C1CCN(C(=O)c2ccc(C(F)(F)F)cc2)CC1. The molecular weight excluding hydrogens is 435 g/mol. The second kappa shape index (κ2) is 10.5. The zero-order valence-electron chi connectivity index (χ0n) is 18.2. The molecule has 6 nitrogen and oxygen atoms in total. The van der Waals surface area contributed by atoms with Crippen LogP contribution in [0.3, 0.4) is 0 Å². The highest BCUT2D eigenvalue weighted by Crippen LogP contribution is 2.29. The number of nitrogens with one attached hydrogen (secondary N) is 2. The zero-order valence-corrected chi connectivity index (χ0v) is 18.2. The van der Waals surface area contributed by atoms with Gasteiger partial charge in [0, 0.05) is 30.3 Å². The number of carbonyl (C=O) groups is 3. The predicted octanol–water partition coefficient (Wildman–Crippen LogP) is 3.87. The molecule has 0 aromatic heterocycles. The molecule has 176 valence electrons. The number of likely N-dealkylation sites (tertiary alicyclic amines) is 1. The summed E-state index contributed by atoms with van der Waals surface area (Å²) in [5.41, 5.74) is 1.09. The normalized spacial score (nSPS) is 14.6. The first kappa shape index (κ1) is 24.3. The summed E-state index contributed by atoms with van der Waals surface area (Å²) in [7, 11) is 0. The summed E-state index contributed by atoms with van der Waals surface area (Å²) in [5, 5.41) is 5.44. The van der Waals surface area contributed by atoms with Crippen molar-refractivity contribution in [3.8, 4) is 0 Å². The molecule has 0 spiro atoms. The Morgan fingerprint density at radius 2 is 1.64 bits per heavy atom. The molecule has 2 aromatic carbocycles. The Labute approximate surface area is 190 Å². The zero-order chi connectivity index (χ0) is 24.0. The van der Waals surface area contributed by atoms with E-state index < -0.39 is 11.7 Å². The van der Waals surface area contributed by atoms with Gasteiger partial charge in [0.15, 0.2) is 0 Å². The third-order valence-electron chi connectivity index (χ3n) is 5.71. The van der Waals surface area contributed by atoms with Gasteiger partial charge in [-0.1, -0.05) is 25.1 Å². The molecule has 0 atom stereocenters. The van der Waals surface area contributed by atoms with Crippen molar-refractivity contribution in [3.05, 3.63) is 65.2 Å². The quantitative estimate of drug-likeness (QED) is 0.686. The van der Waals surface area contributed by atoms with Crippen molar-refractivity contribution in [1.82, 2.24) is 10.2 Å². The molecule has 9 heteroatoms. The van der Waals surface area contributed by atoms with Crippen LogP contribution in [0.5, 0.6) is 0 Å². The number of alkyl halides is 3. The van der Waals surface area contributed by atoms with Gasteiger partial charge in [-0.05, 0) is 55.2 Å². The maximum Gasteiger partial charge on any atom is 0.416 e. The Morgan fingerprint density at radius 1 is 1.00 bits per heavy atom. The van der Waals surface area contributed by atoms with E-state index in [0.29, 0.717) is 31.6 Å². The molecule has 1 saturated heterocycles. The van der Waals surface area contributed by atoms with Gasteiger partial charge in [0.05, 0.1) is 12.1 Å². The van der Waals surface area contributed by atoms with E-state index in [4.69, 9.17) is 0 Å². The molecule has 0 unspecified atom stereocenters. The number of nitrogens with zero attached hydrogens (tertiary/aromatic N) is 1. The van der Waals surface area contributed by atoms with Crippen LogP contribution in [0.15, 0.2) is 48.5 Å². The van der Waals surface area contributed by atoms with Crippen molar-refractivity contribution in [2.75, 3.05) is 25.0 Å². The number of hydrogen-bond acceptors (Lipinski definition) is 3. The Kier molecular flexibility index (Phi) is 7.73. The first-order chi connectivity index (χ1) is 15.7. The lowest BCUT2D eigenvalue weighted by Crippen LogP contribution is -2.44. The van der Waals surface area contributed by atoms with Crippen molar-refractivity contribution >= 4 is 23.4 Å². The number of rotatable bonds is 6. The third kappa shape index (κ3) is 6.34. The number of amides is 3. The van der Waals surface area contributed by atoms with Crippen molar-refractivity contribution in [2.24, 2.45) is 5.92 Å². The predicted molar refractivity (Wildman–Crippen MR) is 118 cm³/mol. The van der Waals surface area contributed by atoms with Crippen LogP contribution >= 0.6 is 0 Å². The summed E-state index contributed by atoms with van der Waals surface area (Å²) in [4.78, 5) is 38.8. The molecule has 3 amide bonds. The number of aryl methyl sites for hydroxylation is 1. The average molecular weight is 461 g/mol. The highest BCUT2D eigenvalue weighted by atomic mass is 19.4. The first-order valence-corrected chi connectivity index (χ1v) is 10.8. The summed E-state index contributed by atoms with van der Waals surface area (Å²) in [5.74, 6) is -1.27. The molecule has 33 heavy (non-hydrogen) atoms. The van der Waals surface area contributed by atoms with Crippen LogP contribution in [0, 0.1) is 5.92 Å². The summed E-state index contributed by atoms with van der Waals surface area (Å²) in [6.45, 7) is 2.46. The summed E-state index contributed by atoms with van der Waals surface area (Å²) >= 11 is 0. The smallest absolute Gasteiger partial charge is 0.347 e. The second-order valence-corrected chi connectivity index (χ2v) is 7.92. The van der Waals surface area contributed by atoms with E-state index in [1.54, 1.807) is 0 Å². The minimum Gasteiger partial charge on any atom is -0.347 e. The average Bonchev–Trinajstić information content (AvgIpc) is 2.82. The van der Waals surface area contributed by atoms with Crippen molar-refractivity contribution in [2.45, 2.75) is 32.4 Å². The van der Waals surface area contributed by atoms with Crippen molar-refractivity contribution in [1.29, 1.82) is 0 Å². The van der Waals surface area contributed by atoms with E-state index in [0.717, 1.165) is 24.1 Å². The standard InChI is InChI=1S/C24H26F3N3O3/c1-2-16-5-3-4-6-20(16)29-21(31)15-28-22(32)17-11-13-30(14-12-17)23(33)18-7-9-19(10-8-18)24(25,26)27/h3-10,17H,2,11-15H2,1H3,(H,28,32)(H,29,31). The van der Waals surface area contributed by atoms with Crippen LogP contribution in [0.1, 0.15) is 41.3 Å². The van der Waals surface area contributed by atoms with Crippen LogP contribution in [0.2, 0.25) is 0 Å². The summed E-state index contributed by atoms with van der Waals surface area (Å²) in [6.07, 6.45) is -2.85. The molecule has 1 aliphatic heterocycles. The topological polar surface area (TPSA) is 78.5 Å². The molecule has 1 fully saturated rings. The first-order valence-electron chi connectivity index (χ1n) is 10.8. The molecule has 0 saturated carbocycles. The van der Waals surface area contributed by atoms with Gasteiger partial charge in [0.2, 0.25) is 11.8 Å². The number of para-hydroxylation sites is 1.